The van der Waals surface area contributed by atoms with Crippen molar-refractivity contribution in [3.63, 3.8) is 0 Å². The molecule has 0 aromatic heterocycles. The zero-order valence-electron chi connectivity index (χ0n) is 12.2. The van der Waals surface area contributed by atoms with Gasteiger partial charge in [0.2, 0.25) is 10.0 Å². The maximum absolute atomic E-state index is 12.8. The number of hydrogen-bond acceptors (Lipinski definition) is 4. The molecule has 2 rings (SSSR count). The smallest absolute Gasteiger partial charge is 0.243 e. The molecule has 0 amide bonds. The van der Waals surface area contributed by atoms with Crippen molar-refractivity contribution in [2.24, 2.45) is 5.73 Å². The van der Waals surface area contributed by atoms with Gasteiger partial charge in [-0.1, -0.05) is 24.4 Å². The lowest BCUT2D eigenvalue weighted by Crippen LogP contribution is -2.49. The molecule has 0 bridgehead atoms. The van der Waals surface area contributed by atoms with Crippen molar-refractivity contribution in [2.75, 3.05) is 20.2 Å². The quantitative estimate of drug-likeness (QED) is 0.848. The third kappa shape index (κ3) is 3.42. The summed E-state index contributed by atoms with van der Waals surface area (Å²) in [6, 6.07) is 6.45. The molecule has 0 aliphatic carbocycles. The van der Waals surface area contributed by atoms with E-state index in [2.05, 4.69) is 0 Å². The van der Waals surface area contributed by atoms with Crippen LogP contribution >= 0.6 is 12.2 Å². The maximum Gasteiger partial charge on any atom is 0.243 e. The molecule has 2 N–H and O–H groups in total. The Bertz CT molecular complexity index is 645. The molecular weight excluding hydrogens is 308 g/mol. The Hall–Kier alpha value is -1.02. The molecule has 1 aliphatic rings. The molecule has 21 heavy (non-hydrogen) atoms. The van der Waals surface area contributed by atoms with Gasteiger partial charge in [0, 0.05) is 25.8 Å². The number of hydrogen-bond donors (Lipinski definition) is 1. The number of sulfonamides is 1. The number of nitrogens with zero attached hydrogens (tertiary/aromatic N) is 1. The van der Waals surface area contributed by atoms with Crippen molar-refractivity contribution in [3.05, 3.63) is 29.8 Å². The first-order chi connectivity index (χ1) is 9.78. The second kappa shape index (κ2) is 6.00. The fraction of sp³-hybridized carbons (Fsp3) is 0.500. The second-order valence-corrected chi connectivity index (χ2v) is 7.87. The number of rotatable bonds is 4. The molecule has 0 spiro atoms. The molecule has 1 fully saturated rings. The lowest BCUT2D eigenvalue weighted by atomic mass is 9.96. The lowest BCUT2D eigenvalue weighted by molar-refractivity contribution is -0.0319. The van der Waals surface area contributed by atoms with Crippen molar-refractivity contribution in [3.8, 4) is 0 Å². The van der Waals surface area contributed by atoms with Crippen LogP contribution in [0.2, 0.25) is 0 Å². The van der Waals surface area contributed by atoms with E-state index in [1.807, 2.05) is 6.92 Å². The van der Waals surface area contributed by atoms with Crippen molar-refractivity contribution in [2.45, 2.75) is 30.3 Å². The Morgan fingerprint density at radius 2 is 2.19 bits per heavy atom. The SMILES string of the molecule is COC1(C)CCCN(S(=O)(=O)c2cccc(C(N)=S)c2)C1. The van der Waals surface area contributed by atoms with E-state index in [0.29, 0.717) is 18.7 Å². The standard InChI is InChI=1S/C14H20N2O3S2/c1-14(19-2)7-4-8-16(10-14)21(17,18)12-6-3-5-11(9-12)13(15)20/h3,5-6,9H,4,7-8,10H2,1-2H3,(H2,15,20). The highest BCUT2D eigenvalue weighted by Gasteiger charge is 2.37. The minimum absolute atomic E-state index is 0.187. The summed E-state index contributed by atoms with van der Waals surface area (Å²) in [5, 5.41) is 0. The number of benzene rings is 1. The summed E-state index contributed by atoms with van der Waals surface area (Å²) in [6.45, 7) is 2.78. The van der Waals surface area contributed by atoms with Gasteiger partial charge in [-0.15, -0.1) is 0 Å². The molecule has 1 atom stereocenters. The molecule has 0 saturated carbocycles. The van der Waals surface area contributed by atoms with Crippen LogP contribution in [-0.2, 0) is 14.8 Å². The normalized spacial score (nSPS) is 23.9. The van der Waals surface area contributed by atoms with Gasteiger partial charge < -0.3 is 10.5 Å². The fourth-order valence-electron chi connectivity index (χ4n) is 2.49. The molecule has 116 valence electrons. The minimum Gasteiger partial charge on any atom is -0.389 e. The van der Waals surface area contributed by atoms with Crippen LogP contribution in [0.15, 0.2) is 29.2 Å². The Morgan fingerprint density at radius 3 is 2.81 bits per heavy atom. The second-order valence-electron chi connectivity index (χ2n) is 5.49. The number of ether oxygens (including phenoxy) is 1. The van der Waals surface area contributed by atoms with Crippen LogP contribution in [0.1, 0.15) is 25.3 Å². The molecule has 1 heterocycles. The molecule has 1 saturated heterocycles. The van der Waals surface area contributed by atoms with Gasteiger partial charge in [-0.25, -0.2) is 8.42 Å². The van der Waals surface area contributed by atoms with Crippen LogP contribution in [0.25, 0.3) is 0 Å². The Kier molecular flexibility index (Phi) is 4.67. The number of thiocarbonyl (C=S) groups is 1. The zero-order valence-corrected chi connectivity index (χ0v) is 13.8. The highest BCUT2D eigenvalue weighted by molar-refractivity contribution is 7.89. The van der Waals surface area contributed by atoms with Crippen LogP contribution in [0.4, 0.5) is 0 Å². The molecule has 5 nitrogen and oxygen atoms in total. The minimum atomic E-state index is -3.56. The lowest BCUT2D eigenvalue weighted by Gasteiger charge is -2.38. The number of nitrogens with two attached hydrogens (primary N) is 1. The fourth-order valence-corrected chi connectivity index (χ4v) is 4.26. The molecule has 7 heteroatoms. The van der Waals surface area contributed by atoms with E-state index in [4.69, 9.17) is 22.7 Å². The number of piperidine rings is 1. The van der Waals surface area contributed by atoms with Crippen LogP contribution in [0.3, 0.4) is 0 Å². The summed E-state index contributed by atoms with van der Waals surface area (Å²) in [4.78, 5) is 0.403. The topological polar surface area (TPSA) is 72.6 Å². The van der Waals surface area contributed by atoms with Crippen LogP contribution in [-0.4, -0.2) is 43.5 Å². The van der Waals surface area contributed by atoms with Gasteiger partial charge in [0.25, 0.3) is 0 Å². The van der Waals surface area contributed by atoms with Gasteiger partial charge >= 0.3 is 0 Å². The largest absolute Gasteiger partial charge is 0.389 e. The summed E-state index contributed by atoms with van der Waals surface area (Å²) in [5.74, 6) is 0. The summed E-state index contributed by atoms with van der Waals surface area (Å²) in [6.07, 6.45) is 1.63. The van der Waals surface area contributed by atoms with Gasteiger partial charge in [0.15, 0.2) is 0 Å². The molecule has 1 unspecified atom stereocenters. The number of methoxy groups -OCH3 is 1. The van der Waals surface area contributed by atoms with Crippen LogP contribution in [0, 0.1) is 0 Å². The highest BCUT2D eigenvalue weighted by Crippen LogP contribution is 2.28. The first-order valence-corrected chi connectivity index (χ1v) is 8.58. The Labute approximate surface area is 131 Å². The van der Waals surface area contributed by atoms with E-state index < -0.39 is 15.6 Å². The third-order valence-corrected chi connectivity index (χ3v) is 5.95. The molecule has 1 aromatic rings. The monoisotopic (exact) mass is 328 g/mol. The first kappa shape index (κ1) is 16.4. The zero-order chi connectivity index (χ0) is 15.7. The Morgan fingerprint density at radius 1 is 1.48 bits per heavy atom. The van der Waals surface area contributed by atoms with E-state index in [9.17, 15) is 8.42 Å². The molecule has 0 radical (unpaired) electrons. The van der Waals surface area contributed by atoms with Crippen molar-refractivity contribution < 1.29 is 13.2 Å². The predicted octanol–water partition coefficient (Wildman–Crippen LogP) is 1.51. The van der Waals surface area contributed by atoms with Gasteiger partial charge in [0.1, 0.15) is 4.99 Å². The first-order valence-electron chi connectivity index (χ1n) is 6.74. The van der Waals surface area contributed by atoms with Gasteiger partial charge in [-0.3, -0.25) is 0 Å². The third-order valence-electron chi connectivity index (χ3n) is 3.87. The average Bonchev–Trinajstić information content (AvgIpc) is 2.47. The van der Waals surface area contributed by atoms with Crippen molar-refractivity contribution >= 4 is 27.2 Å². The summed E-state index contributed by atoms with van der Waals surface area (Å²) < 4.78 is 32.4. The Balaban J connectivity index is 2.33. The summed E-state index contributed by atoms with van der Waals surface area (Å²) in [5.41, 5.74) is 5.69. The van der Waals surface area contributed by atoms with Crippen molar-refractivity contribution in [1.82, 2.24) is 4.31 Å². The summed E-state index contributed by atoms with van der Waals surface area (Å²) >= 11 is 4.91. The van der Waals surface area contributed by atoms with Gasteiger partial charge in [0.05, 0.1) is 10.5 Å². The highest BCUT2D eigenvalue weighted by atomic mass is 32.2. The van der Waals surface area contributed by atoms with Crippen LogP contribution in [0.5, 0.6) is 0 Å². The molecule has 1 aliphatic heterocycles. The average molecular weight is 328 g/mol. The van der Waals surface area contributed by atoms with Crippen LogP contribution < -0.4 is 5.73 Å². The predicted molar refractivity (Wildman–Crippen MR) is 85.7 cm³/mol. The molecular formula is C14H20N2O3S2. The molecule has 1 aromatic carbocycles. The van der Waals surface area contributed by atoms with Gasteiger partial charge in [-0.05, 0) is 31.9 Å². The van der Waals surface area contributed by atoms with E-state index in [-0.39, 0.29) is 9.88 Å². The van der Waals surface area contributed by atoms with Gasteiger partial charge in [-0.2, -0.15) is 4.31 Å². The maximum atomic E-state index is 12.8. The van der Waals surface area contributed by atoms with E-state index >= 15 is 0 Å². The van der Waals surface area contributed by atoms with E-state index in [1.165, 1.54) is 10.4 Å². The summed E-state index contributed by atoms with van der Waals surface area (Å²) in [7, 11) is -1.95. The van der Waals surface area contributed by atoms with Crippen molar-refractivity contribution in [1.29, 1.82) is 0 Å². The van der Waals surface area contributed by atoms with E-state index in [0.717, 1.165) is 12.8 Å². The van der Waals surface area contributed by atoms with E-state index in [1.54, 1.807) is 25.3 Å².